The van der Waals surface area contributed by atoms with Crippen molar-refractivity contribution in [1.29, 1.82) is 0 Å². The van der Waals surface area contributed by atoms with Crippen LogP contribution < -0.4 is 5.32 Å². The second-order valence-corrected chi connectivity index (χ2v) is 7.99. The molecule has 0 bridgehead atoms. The van der Waals surface area contributed by atoms with Gasteiger partial charge in [0.1, 0.15) is 0 Å². The zero-order valence-corrected chi connectivity index (χ0v) is 13.6. The lowest BCUT2D eigenvalue weighted by molar-refractivity contribution is 0.125. The molecule has 4 atom stereocenters. The highest BCUT2D eigenvalue weighted by Gasteiger charge is 2.34. The van der Waals surface area contributed by atoms with E-state index in [0.717, 1.165) is 29.8 Å². The van der Waals surface area contributed by atoms with Gasteiger partial charge in [-0.2, -0.15) is 0 Å². The van der Waals surface area contributed by atoms with E-state index in [2.05, 4.69) is 12.2 Å². The Morgan fingerprint density at radius 2 is 1.20 bits per heavy atom. The van der Waals surface area contributed by atoms with Gasteiger partial charge in [-0.25, -0.2) is 0 Å². The van der Waals surface area contributed by atoms with E-state index in [4.69, 9.17) is 0 Å². The summed E-state index contributed by atoms with van der Waals surface area (Å²) in [6.07, 6.45) is 19.4. The number of hydrogen-bond donors (Lipinski definition) is 1. The van der Waals surface area contributed by atoms with E-state index in [-0.39, 0.29) is 0 Å². The first-order valence-electron chi connectivity index (χ1n) is 9.60. The smallest absolute Gasteiger partial charge is 0.0101 e. The Balaban J connectivity index is 1.59. The van der Waals surface area contributed by atoms with Crippen LogP contribution in [0.5, 0.6) is 0 Å². The van der Waals surface area contributed by atoms with Crippen LogP contribution in [0.4, 0.5) is 0 Å². The summed E-state index contributed by atoms with van der Waals surface area (Å²) >= 11 is 0. The molecule has 1 N–H and O–H groups in total. The Hall–Kier alpha value is -0.0400. The van der Waals surface area contributed by atoms with Crippen LogP contribution in [0.3, 0.4) is 0 Å². The van der Waals surface area contributed by atoms with Crippen LogP contribution in [-0.4, -0.2) is 12.1 Å². The molecule has 0 aliphatic heterocycles. The van der Waals surface area contributed by atoms with Crippen LogP contribution in [0.25, 0.3) is 0 Å². The summed E-state index contributed by atoms with van der Waals surface area (Å²) in [5.41, 5.74) is 0. The highest BCUT2D eigenvalue weighted by atomic mass is 15.0. The molecule has 116 valence electrons. The minimum Gasteiger partial charge on any atom is -0.311 e. The Labute approximate surface area is 126 Å². The Bertz CT molecular complexity index is 281. The Morgan fingerprint density at radius 3 is 1.95 bits per heavy atom. The topological polar surface area (TPSA) is 12.0 Å². The summed E-state index contributed by atoms with van der Waals surface area (Å²) in [6.45, 7) is 2.48. The maximum absolute atomic E-state index is 4.15. The zero-order valence-electron chi connectivity index (χ0n) is 13.6. The van der Waals surface area contributed by atoms with E-state index >= 15 is 0 Å². The van der Waals surface area contributed by atoms with Crippen molar-refractivity contribution in [3.05, 3.63) is 0 Å². The molecular formula is C19H35N. The van der Waals surface area contributed by atoms with E-state index in [1.165, 1.54) is 83.5 Å². The fourth-order valence-electron chi connectivity index (χ4n) is 5.33. The van der Waals surface area contributed by atoms with Gasteiger partial charge in [-0.05, 0) is 43.4 Å². The first-order chi connectivity index (χ1) is 9.84. The van der Waals surface area contributed by atoms with Crippen molar-refractivity contribution in [2.75, 3.05) is 0 Å². The van der Waals surface area contributed by atoms with Crippen molar-refractivity contribution in [3.63, 3.8) is 0 Å². The molecule has 0 aromatic carbocycles. The van der Waals surface area contributed by atoms with E-state index in [1.54, 1.807) is 0 Å². The van der Waals surface area contributed by atoms with Gasteiger partial charge >= 0.3 is 0 Å². The van der Waals surface area contributed by atoms with Gasteiger partial charge in [0, 0.05) is 12.1 Å². The molecule has 3 aliphatic carbocycles. The van der Waals surface area contributed by atoms with Crippen LogP contribution >= 0.6 is 0 Å². The van der Waals surface area contributed by atoms with Crippen LogP contribution in [0.1, 0.15) is 90.4 Å². The summed E-state index contributed by atoms with van der Waals surface area (Å²) in [6, 6.07) is 1.69. The van der Waals surface area contributed by atoms with Gasteiger partial charge < -0.3 is 5.32 Å². The average Bonchev–Trinajstić information content (AvgIpc) is 2.51. The summed E-state index contributed by atoms with van der Waals surface area (Å²) < 4.78 is 0. The van der Waals surface area contributed by atoms with Crippen LogP contribution in [0, 0.1) is 17.8 Å². The maximum atomic E-state index is 4.15. The van der Waals surface area contributed by atoms with Gasteiger partial charge in [0.15, 0.2) is 0 Å². The molecular weight excluding hydrogens is 242 g/mol. The van der Waals surface area contributed by atoms with E-state index in [9.17, 15) is 0 Å². The third kappa shape index (κ3) is 3.59. The molecule has 20 heavy (non-hydrogen) atoms. The predicted octanol–water partition coefficient (Wildman–Crippen LogP) is 5.29. The third-order valence-corrected chi connectivity index (χ3v) is 6.61. The van der Waals surface area contributed by atoms with Gasteiger partial charge in [-0.15, -0.1) is 0 Å². The van der Waals surface area contributed by atoms with Crippen LogP contribution in [0.2, 0.25) is 0 Å². The van der Waals surface area contributed by atoms with Gasteiger partial charge in [0.25, 0.3) is 0 Å². The van der Waals surface area contributed by atoms with Crippen molar-refractivity contribution in [1.82, 2.24) is 5.32 Å². The first kappa shape index (κ1) is 14.9. The maximum Gasteiger partial charge on any atom is 0.0101 e. The molecule has 0 heterocycles. The van der Waals surface area contributed by atoms with Crippen LogP contribution in [-0.2, 0) is 0 Å². The summed E-state index contributed by atoms with van der Waals surface area (Å²) in [7, 11) is 0. The van der Waals surface area contributed by atoms with Crippen molar-refractivity contribution in [2.45, 2.75) is 102 Å². The fraction of sp³-hybridized carbons (Fsp3) is 1.00. The highest BCUT2D eigenvalue weighted by molar-refractivity contribution is 4.90. The predicted molar refractivity (Wildman–Crippen MR) is 86.9 cm³/mol. The molecule has 1 heteroatoms. The SMILES string of the molecule is CC1CCCCC1NC1CCCCC1C1CCCCC1. The second kappa shape index (κ2) is 7.29. The minimum atomic E-state index is 0.831. The van der Waals surface area contributed by atoms with Gasteiger partial charge in [0.2, 0.25) is 0 Å². The molecule has 1 nitrogen and oxygen atoms in total. The van der Waals surface area contributed by atoms with E-state index < -0.39 is 0 Å². The first-order valence-corrected chi connectivity index (χ1v) is 9.60. The molecule has 4 unspecified atom stereocenters. The van der Waals surface area contributed by atoms with Crippen molar-refractivity contribution in [2.24, 2.45) is 17.8 Å². The molecule has 0 saturated heterocycles. The standard InChI is InChI=1S/C19H35N/c1-15-9-5-7-13-18(15)20-19-14-8-6-12-17(19)16-10-3-2-4-11-16/h15-20H,2-14H2,1H3. The zero-order chi connectivity index (χ0) is 13.8. The third-order valence-electron chi connectivity index (χ3n) is 6.61. The fourth-order valence-corrected chi connectivity index (χ4v) is 5.33. The molecule has 0 radical (unpaired) electrons. The molecule has 3 fully saturated rings. The quantitative estimate of drug-likeness (QED) is 0.738. The number of hydrogen-bond acceptors (Lipinski definition) is 1. The summed E-state index contributed by atoms with van der Waals surface area (Å²) in [5.74, 6) is 2.98. The molecule has 3 aliphatic rings. The van der Waals surface area contributed by atoms with Gasteiger partial charge in [0.05, 0.1) is 0 Å². The van der Waals surface area contributed by atoms with Crippen molar-refractivity contribution >= 4 is 0 Å². The lowest BCUT2D eigenvalue weighted by Crippen LogP contribution is -2.49. The van der Waals surface area contributed by atoms with E-state index in [0.29, 0.717) is 0 Å². The molecule has 0 spiro atoms. The highest BCUT2D eigenvalue weighted by Crippen LogP contribution is 2.39. The number of nitrogens with one attached hydrogen (secondary N) is 1. The Kier molecular flexibility index (Phi) is 5.42. The number of rotatable bonds is 3. The lowest BCUT2D eigenvalue weighted by atomic mass is 9.70. The average molecular weight is 277 g/mol. The van der Waals surface area contributed by atoms with Crippen molar-refractivity contribution < 1.29 is 0 Å². The monoisotopic (exact) mass is 277 g/mol. The van der Waals surface area contributed by atoms with Gasteiger partial charge in [-0.1, -0.05) is 64.7 Å². The Morgan fingerprint density at radius 1 is 0.600 bits per heavy atom. The molecule has 3 saturated carbocycles. The molecule has 3 rings (SSSR count). The largest absolute Gasteiger partial charge is 0.311 e. The van der Waals surface area contributed by atoms with E-state index in [1.807, 2.05) is 0 Å². The summed E-state index contributed by atoms with van der Waals surface area (Å²) in [4.78, 5) is 0. The second-order valence-electron chi connectivity index (χ2n) is 7.99. The normalized spacial score (nSPS) is 40.6. The minimum absolute atomic E-state index is 0.831. The molecule has 0 aromatic heterocycles. The summed E-state index contributed by atoms with van der Waals surface area (Å²) in [5, 5.41) is 4.15. The van der Waals surface area contributed by atoms with Crippen LogP contribution in [0.15, 0.2) is 0 Å². The molecule has 0 amide bonds. The van der Waals surface area contributed by atoms with Crippen molar-refractivity contribution in [3.8, 4) is 0 Å². The van der Waals surface area contributed by atoms with Gasteiger partial charge in [-0.3, -0.25) is 0 Å². The lowest BCUT2D eigenvalue weighted by Gasteiger charge is -2.43. The molecule has 0 aromatic rings.